The first kappa shape index (κ1) is 20.7. The molecule has 0 aliphatic carbocycles. The van der Waals surface area contributed by atoms with Crippen molar-refractivity contribution in [1.29, 1.82) is 0 Å². The maximum Gasteiger partial charge on any atom is 0.216 e. The van der Waals surface area contributed by atoms with Crippen molar-refractivity contribution in [3.63, 3.8) is 0 Å². The second kappa shape index (κ2) is 8.28. The normalized spacial score (nSPS) is 11.3. The summed E-state index contributed by atoms with van der Waals surface area (Å²) in [7, 11) is -0.797. The zero-order valence-corrected chi connectivity index (χ0v) is 18.3. The molecule has 4 rings (SSSR count). The maximum atomic E-state index is 13.0. The van der Waals surface area contributed by atoms with Crippen LogP contribution >= 0.6 is 0 Å². The second-order valence-electron chi connectivity index (χ2n) is 7.04. The Morgan fingerprint density at radius 2 is 1.55 bits per heavy atom. The van der Waals surface area contributed by atoms with Gasteiger partial charge < -0.3 is 14.3 Å². The Morgan fingerprint density at radius 1 is 0.839 bits per heavy atom. The molecular weight excluding hydrogens is 412 g/mol. The standard InChI is InChI=1S/C24H22N2O4S/c1-17-8-11-20(12-9-17)31(27,28)25-26-15-14-18-6-4-5-7-21(18)24(26)19-10-13-22(29-2)23(16-19)30-3/h4-16H,1-3H3. The molecule has 3 aromatic carbocycles. The SMILES string of the molecule is COc1ccc(-c2c3ccccc3cc[n+]2[N-]S(=O)(=O)c2ccc(C)cc2)cc1OC. The predicted molar refractivity (Wildman–Crippen MR) is 120 cm³/mol. The fraction of sp³-hybridized carbons (Fsp3) is 0.125. The molecule has 0 aliphatic rings. The number of nitrogens with zero attached hydrogens (tertiary/aromatic N) is 2. The third-order valence-electron chi connectivity index (χ3n) is 5.01. The molecule has 0 saturated carbocycles. The molecule has 7 heteroatoms. The van der Waals surface area contributed by atoms with Crippen LogP contribution in [0.2, 0.25) is 0 Å². The largest absolute Gasteiger partial charge is 0.493 e. The number of aromatic nitrogens is 1. The minimum absolute atomic E-state index is 0.136. The average molecular weight is 435 g/mol. The second-order valence-corrected chi connectivity index (χ2v) is 8.62. The van der Waals surface area contributed by atoms with Crippen LogP contribution in [0.3, 0.4) is 0 Å². The molecule has 0 bridgehead atoms. The number of methoxy groups -OCH3 is 2. The van der Waals surface area contributed by atoms with E-state index in [1.807, 2.05) is 49.4 Å². The molecule has 0 saturated heterocycles. The molecule has 0 unspecified atom stereocenters. The van der Waals surface area contributed by atoms with Gasteiger partial charge >= 0.3 is 0 Å². The first-order valence-corrected chi connectivity index (χ1v) is 11.1. The topological polar surface area (TPSA) is 70.6 Å². The number of benzene rings is 3. The molecule has 0 amide bonds. The van der Waals surface area contributed by atoms with E-state index in [0.29, 0.717) is 17.2 Å². The van der Waals surface area contributed by atoms with Gasteiger partial charge in [-0.15, -0.1) is 0 Å². The molecule has 0 fully saturated rings. The van der Waals surface area contributed by atoms with E-state index >= 15 is 0 Å². The Kier molecular flexibility index (Phi) is 5.52. The molecular formula is C24H22N2O4S. The highest BCUT2D eigenvalue weighted by atomic mass is 32.2. The summed E-state index contributed by atoms with van der Waals surface area (Å²) in [6.45, 7) is 1.90. The number of ether oxygens (including phenoxy) is 2. The third-order valence-corrected chi connectivity index (χ3v) is 6.27. The summed E-state index contributed by atoms with van der Waals surface area (Å²) in [5.74, 6) is 1.13. The van der Waals surface area contributed by atoms with E-state index in [0.717, 1.165) is 21.9 Å². The summed E-state index contributed by atoms with van der Waals surface area (Å²) in [5.41, 5.74) is 2.36. The summed E-state index contributed by atoms with van der Waals surface area (Å²) in [4.78, 5) is 4.27. The van der Waals surface area contributed by atoms with Crippen LogP contribution in [0.1, 0.15) is 5.56 Å². The van der Waals surface area contributed by atoms with Gasteiger partial charge in [0.2, 0.25) is 5.69 Å². The average Bonchev–Trinajstić information content (AvgIpc) is 2.78. The van der Waals surface area contributed by atoms with E-state index in [4.69, 9.17) is 9.47 Å². The van der Waals surface area contributed by atoms with E-state index in [9.17, 15) is 8.42 Å². The Balaban J connectivity index is 1.90. The first-order valence-electron chi connectivity index (χ1n) is 9.64. The number of sulfonamides is 1. The summed E-state index contributed by atoms with van der Waals surface area (Å²) < 4.78 is 38.2. The van der Waals surface area contributed by atoms with Crippen molar-refractivity contribution >= 4 is 20.8 Å². The zero-order valence-electron chi connectivity index (χ0n) is 17.4. The summed E-state index contributed by atoms with van der Waals surface area (Å²) in [5, 5.41) is 1.83. The van der Waals surface area contributed by atoms with Crippen LogP contribution in [0, 0.1) is 6.92 Å². The van der Waals surface area contributed by atoms with Gasteiger partial charge in [0.15, 0.2) is 27.7 Å². The highest BCUT2D eigenvalue weighted by molar-refractivity contribution is 7.93. The Labute approximate surface area is 181 Å². The van der Waals surface area contributed by atoms with Crippen molar-refractivity contribution in [2.24, 2.45) is 0 Å². The van der Waals surface area contributed by atoms with Crippen LogP contribution in [0.4, 0.5) is 0 Å². The molecule has 0 N–H and O–H groups in total. The predicted octanol–water partition coefficient (Wildman–Crippen LogP) is 4.65. The number of pyridine rings is 1. The van der Waals surface area contributed by atoms with Crippen molar-refractivity contribution in [3.05, 3.63) is 89.4 Å². The van der Waals surface area contributed by atoms with Gasteiger partial charge in [-0.1, -0.05) is 35.9 Å². The number of hydrogen-bond acceptors (Lipinski definition) is 4. The van der Waals surface area contributed by atoms with E-state index in [-0.39, 0.29) is 4.90 Å². The van der Waals surface area contributed by atoms with Crippen LogP contribution in [0.25, 0.3) is 26.9 Å². The van der Waals surface area contributed by atoms with Gasteiger partial charge in [0.05, 0.1) is 30.1 Å². The van der Waals surface area contributed by atoms with E-state index in [1.54, 1.807) is 50.7 Å². The fourth-order valence-corrected chi connectivity index (χ4v) is 4.36. The van der Waals surface area contributed by atoms with Gasteiger partial charge in [0.25, 0.3) is 0 Å². The van der Waals surface area contributed by atoms with Crippen LogP contribution in [-0.2, 0) is 10.0 Å². The lowest BCUT2D eigenvalue weighted by Crippen LogP contribution is -2.34. The van der Waals surface area contributed by atoms with Crippen molar-refractivity contribution in [2.45, 2.75) is 11.8 Å². The van der Waals surface area contributed by atoms with Crippen LogP contribution in [-0.4, -0.2) is 22.6 Å². The Bertz CT molecular complexity index is 1350. The number of aryl methyl sites for hydroxylation is 1. The molecule has 0 atom stereocenters. The lowest BCUT2D eigenvalue weighted by atomic mass is 10.0. The fourth-order valence-electron chi connectivity index (χ4n) is 3.42. The Morgan fingerprint density at radius 3 is 2.26 bits per heavy atom. The van der Waals surface area contributed by atoms with Gasteiger partial charge in [0.1, 0.15) is 0 Å². The molecule has 0 aliphatic heterocycles. The lowest BCUT2D eigenvalue weighted by Gasteiger charge is -2.19. The number of fused-ring (bicyclic) bond motifs is 1. The zero-order chi connectivity index (χ0) is 22.0. The quantitative estimate of drug-likeness (QED) is 0.414. The van der Waals surface area contributed by atoms with Crippen LogP contribution < -0.4 is 14.1 Å². The molecule has 4 aromatic rings. The number of hydrogen-bond donors (Lipinski definition) is 0. The molecule has 1 aromatic heterocycles. The molecule has 1 heterocycles. The number of rotatable bonds is 6. The van der Waals surface area contributed by atoms with Crippen molar-refractivity contribution in [2.75, 3.05) is 14.2 Å². The smallest absolute Gasteiger partial charge is 0.216 e. The highest BCUT2D eigenvalue weighted by Crippen LogP contribution is 2.34. The van der Waals surface area contributed by atoms with Gasteiger partial charge in [-0.3, -0.25) is 0 Å². The van der Waals surface area contributed by atoms with E-state index in [2.05, 4.69) is 4.83 Å². The lowest BCUT2D eigenvalue weighted by molar-refractivity contribution is -0.601. The molecule has 6 nitrogen and oxygen atoms in total. The summed E-state index contributed by atoms with van der Waals surface area (Å²) in [6.07, 6.45) is 1.65. The highest BCUT2D eigenvalue weighted by Gasteiger charge is 2.19. The third kappa shape index (κ3) is 4.04. The molecule has 0 spiro atoms. The van der Waals surface area contributed by atoms with Crippen molar-refractivity contribution in [1.82, 2.24) is 0 Å². The van der Waals surface area contributed by atoms with Crippen molar-refractivity contribution < 1.29 is 22.6 Å². The van der Waals surface area contributed by atoms with Gasteiger partial charge in [0, 0.05) is 6.07 Å². The first-order chi connectivity index (χ1) is 14.9. The molecule has 31 heavy (non-hydrogen) atoms. The minimum atomic E-state index is -3.93. The molecule has 158 valence electrons. The van der Waals surface area contributed by atoms with Crippen LogP contribution in [0.15, 0.2) is 83.9 Å². The minimum Gasteiger partial charge on any atom is -0.493 e. The van der Waals surface area contributed by atoms with E-state index < -0.39 is 10.0 Å². The maximum absolute atomic E-state index is 13.0. The summed E-state index contributed by atoms with van der Waals surface area (Å²) >= 11 is 0. The summed E-state index contributed by atoms with van der Waals surface area (Å²) in [6, 6.07) is 21.7. The monoisotopic (exact) mass is 434 g/mol. The van der Waals surface area contributed by atoms with Gasteiger partial charge in [-0.2, -0.15) is 0 Å². The van der Waals surface area contributed by atoms with Gasteiger partial charge in [-0.25, -0.2) is 13.1 Å². The molecule has 0 radical (unpaired) electrons. The van der Waals surface area contributed by atoms with Crippen molar-refractivity contribution in [3.8, 4) is 22.8 Å². The van der Waals surface area contributed by atoms with E-state index in [1.165, 1.54) is 4.68 Å². The van der Waals surface area contributed by atoms with Crippen LogP contribution in [0.5, 0.6) is 11.5 Å². The Hall–Kier alpha value is -3.58. The van der Waals surface area contributed by atoms with Gasteiger partial charge in [-0.05, 0) is 48.7 Å².